The van der Waals surface area contributed by atoms with E-state index in [1.807, 2.05) is 25.1 Å². The van der Waals surface area contributed by atoms with Crippen LogP contribution in [0.25, 0.3) is 0 Å². The lowest BCUT2D eigenvalue weighted by Gasteiger charge is -2.20. The first-order valence-electron chi connectivity index (χ1n) is 6.39. The number of hydrogen-bond acceptors (Lipinski definition) is 3. The van der Waals surface area contributed by atoms with Crippen molar-refractivity contribution < 1.29 is 13.2 Å². The number of anilines is 1. The maximum Gasteiger partial charge on any atom is 0.227 e. The van der Waals surface area contributed by atoms with Crippen LogP contribution in [0.2, 0.25) is 0 Å². The maximum atomic E-state index is 12.1. The number of sulfonamides is 1. The number of nitrogens with zero attached hydrogens (tertiary/aromatic N) is 1. The fraction of sp³-hybridized carbons (Fsp3) is 0.462. The normalized spacial score (nSPS) is 19.6. The summed E-state index contributed by atoms with van der Waals surface area (Å²) >= 11 is 3.41. The predicted octanol–water partition coefficient (Wildman–Crippen LogP) is 1.65. The van der Waals surface area contributed by atoms with Crippen LogP contribution < -0.4 is 10.0 Å². The van der Waals surface area contributed by atoms with E-state index in [1.54, 1.807) is 4.90 Å². The summed E-state index contributed by atoms with van der Waals surface area (Å²) in [5.74, 6) is -0.422. The third kappa shape index (κ3) is 3.59. The van der Waals surface area contributed by atoms with Crippen molar-refractivity contribution >= 4 is 37.5 Å². The first-order valence-corrected chi connectivity index (χ1v) is 8.90. The van der Waals surface area contributed by atoms with Gasteiger partial charge in [0.25, 0.3) is 0 Å². The molecule has 1 aliphatic rings. The molecule has 0 spiro atoms. The van der Waals surface area contributed by atoms with Gasteiger partial charge in [0.15, 0.2) is 0 Å². The Kier molecular flexibility index (Phi) is 4.51. The van der Waals surface area contributed by atoms with Crippen LogP contribution in [0.4, 0.5) is 5.69 Å². The van der Waals surface area contributed by atoms with Gasteiger partial charge in [0.1, 0.15) is 0 Å². The van der Waals surface area contributed by atoms with Crippen LogP contribution >= 0.6 is 15.9 Å². The molecule has 1 heterocycles. The quantitative estimate of drug-likeness (QED) is 0.886. The molecule has 1 atom stereocenters. The molecule has 1 unspecified atom stereocenters. The van der Waals surface area contributed by atoms with Crippen molar-refractivity contribution in [3.05, 3.63) is 28.2 Å². The molecule has 1 fully saturated rings. The summed E-state index contributed by atoms with van der Waals surface area (Å²) in [4.78, 5) is 13.8. The van der Waals surface area contributed by atoms with Crippen LogP contribution in [0.15, 0.2) is 22.7 Å². The summed E-state index contributed by atoms with van der Waals surface area (Å²) < 4.78 is 23.3. The molecule has 20 heavy (non-hydrogen) atoms. The molecule has 1 aliphatic heterocycles. The lowest BCUT2D eigenvalue weighted by molar-refractivity contribution is -0.117. The van der Waals surface area contributed by atoms with Gasteiger partial charge in [0.05, 0.1) is 5.75 Å². The molecular weight excluding hydrogens is 344 g/mol. The number of carbonyl (C=O) groups is 1. The van der Waals surface area contributed by atoms with Crippen molar-refractivity contribution in [2.24, 2.45) is 11.1 Å². The molecule has 110 valence electrons. The molecule has 0 aromatic heterocycles. The molecule has 2 rings (SSSR count). The van der Waals surface area contributed by atoms with Crippen LogP contribution in [-0.4, -0.2) is 26.6 Å². The second-order valence-corrected chi connectivity index (χ2v) is 7.61. The Morgan fingerprint density at radius 3 is 2.75 bits per heavy atom. The summed E-state index contributed by atoms with van der Waals surface area (Å²) in [6.07, 6.45) is 1.04. The first kappa shape index (κ1) is 15.5. The van der Waals surface area contributed by atoms with E-state index < -0.39 is 10.0 Å². The van der Waals surface area contributed by atoms with Gasteiger partial charge in [-0.25, -0.2) is 13.6 Å². The summed E-state index contributed by atoms with van der Waals surface area (Å²) in [6, 6.07) is 5.75. The highest BCUT2D eigenvalue weighted by Gasteiger charge is 2.33. The number of primary sulfonamides is 1. The zero-order valence-electron chi connectivity index (χ0n) is 11.2. The van der Waals surface area contributed by atoms with Gasteiger partial charge < -0.3 is 4.90 Å². The van der Waals surface area contributed by atoms with Gasteiger partial charge in [0.2, 0.25) is 15.9 Å². The topological polar surface area (TPSA) is 80.5 Å². The lowest BCUT2D eigenvalue weighted by atomic mass is 10.1. The van der Waals surface area contributed by atoms with Crippen LogP contribution in [0.5, 0.6) is 0 Å². The number of aryl methyl sites for hydroxylation is 1. The minimum Gasteiger partial charge on any atom is -0.312 e. The Balaban J connectivity index is 2.24. The van der Waals surface area contributed by atoms with Gasteiger partial charge in [-0.05, 0) is 30.2 Å². The van der Waals surface area contributed by atoms with Gasteiger partial charge in [0, 0.05) is 29.0 Å². The van der Waals surface area contributed by atoms with Crippen LogP contribution in [-0.2, 0) is 21.2 Å². The van der Waals surface area contributed by atoms with Crippen molar-refractivity contribution in [2.45, 2.75) is 19.8 Å². The molecule has 0 aliphatic carbocycles. The minimum absolute atomic E-state index is 0.0457. The van der Waals surface area contributed by atoms with Crippen molar-refractivity contribution in [1.29, 1.82) is 0 Å². The molecule has 2 N–H and O–H groups in total. The predicted molar refractivity (Wildman–Crippen MR) is 82.0 cm³/mol. The molecule has 1 aromatic rings. The number of carbonyl (C=O) groups excluding carboxylic acids is 1. The molecule has 5 nitrogen and oxygen atoms in total. The summed E-state index contributed by atoms with van der Waals surface area (Å²) in [7, 11) is -3.55. The summed E-state index contributed by atoms with van der Waals surface area (Å²) in [5.41, 5.74) is 1.92. The Morgan fingerprint density at radius 2 is 2.15 bits per heavy atom. The molecule has 0 bridgehead atoms. The van der Waals surface area contributed by atoms with E-state index in [4.69, 9.17) is 5.14 Å². The largest absolute Gasteiger partial charge is 0.312 e. The van der Waals surface area contributed by atoms with Crippen molar-refractivity contribution in [3.63, 3.8) is 0 Å². The van der Waals surface area contributed by atoms with Gasteiger partial charge in [-0.1, -0.05) is 22.9 Å². The second-order valence-electron chi connectivity index (χ2n) is 5.03. The van der Waals surface area contributed by atoms with Crippen molar-refractivity contribution in [3.8, 4) is 0 Å². The zero-order chi connectivity index (χ0) is 14.9. The Bertz CT molecular complexity index is 631. The van der Waals surface area contributed by atoms with Gasteiger partial charge in [-0.2, -0.15) is 0 Å². The molecule has 0 saturated carbocycles. The minimum atomic E-state index is -3.55. The fourth-order valence-electron chi connectivity index (χ4n) is 2.56. The molecule has 7 heteroatoms. The van der Waals surface area contributed by atoms with E-state index in [2.05, 4.69) is 15.9 Å². The van der Waals surface area contributed by atoms with E-state index in [9.17, 15) is 13.2 Å². The SMILES string of the molecule is CCc1cc(Br)ccc1N1CC(CS(N)(=O)=O)CC1=O. The van der Waals surface area contributed by atoms with E-state index in [0.29, 0.717) is 6.54 Å². The van der Waals surface area contributed by atoms with Crippen LogP contribution in [0.1, 0.15) is 18.9 Å². The number of halogens is 1. The lowest BCUT2D eigenvalue weighted by Crippen LogP contribution is -2.28. The third-order valence-corrected chi connectivity index (χ3v) is 4.82. The Morgan fingerprint density at radius 1 is 1.45 bits per heavy atom. The number of nitrogens with two attached hydrogens (primary N) is 1. The van der Waals surface area contributed by atoms with E-state index in [1.165, 1.54) is 0 Å². The fourth-order valence-corrected chi connectivity index (χ4v) is 3.84. The van der Waals surface area contributed by atoms with E-state index in [-0.39, 0.29) is 24.0 Å². The molecule has 0 radical (unpaired) electrons. The molecule has 1 amide bonds. The summed E-state index contributed by atoms with van der Waals surface area (Å²) in [6.45, 7) is 2.43. The van der Waals surface area contributed by atoms with Crippen molar-refractivity contribution in [2.75, 3.05) is 17.2 Å². The van der Waals surface area contributed by atoms with Crippen molar-refractivity contribution in [1.82, 2.24) is 0 Å². The zero-order valence-corrected chi connectivity index (χ0v) is 13.6. The highest BCUT2D eigenvalue weighted by atomic mass is 79.9. The summed E-state index contributed by atoms with van der Waals surface area (Å²) in [5, 5.41) is 5.06. The smallest absolute Gasteiger partial charge is 0.227 e. The number of amides is 1. The van der Waals surface area contributed by atoms with E-state index in [0.717, 1.165) is 22.1 Å². The standard InChI is InChI=1S/C13H17BrN2O3S/c1-2-10-6-11(14)3-4-12(10)16-7-9(5-13(16)17)8-20(15,18)19/h3-4,6,9H,2,5,7-8H2,1H3,(H2,15,18,19). The third-order valence-electron chi connectivity index (χ3n) is 3.39. The second kappa shape index (κ2) is 5.83. The molecular formula is C13H17BrN2O3S. The number of benzene rings is 1. The van der Waals surface area contributed by atoms with Gasteiger partial charge in [-0.3, -0.25) is 4.79 Å². The Hall–Kier alpha value is -0.920. The first-order chi connectivity index (χ1) is 9.30. The molecule has 1 aromatic carbocycles. The average molecular weight is 361 g/mol. The van der Waals surface area contributed by atoms with Gasteiger partial charge >= 0.3 is 0 Å². The monoisotopic (exact) mass is 360 g/mol. The average Bonchev–Trinajstić information content (AvgIpc) is 2.67. The maximum absolute atomic E-state index is 12.1. The highest BCUT2D eigenvalue weighted by Crippen LogP contribution is 2.30. The number of rotatable bonds is 4. The van der Waals surface area contributed by atoms with E-state index >= 15 is 0 Å². The van der Waals surface area contributed by atoms with Crippen LogP contribution in [0.3, 0.4) is 0 Å². The highest BCUT2D eigenvalue weighted by molar-refractivity contribution is 9.10. The number of hydrogen-bond donors (Lipinski definition) is 1. The van der Waals surface area contributed by atoms with Gasteiger partial charge in [-0.15, -0.1) is 0 Å². The molecule has 1 saturated heterocycles. The Labute approximate surface area is 127 Å². The van der Waals surface area contributed by atoms with Crippen LogP contribution in [0, 0.1) is 5.92 Å².